The van der Waals surface area contributed by atoms with Crippen molar-refractivity contribution in [1.29, 1.82) is 0 Å². The number of nitrogens with one attached hydrogen (secondary N) is 1. The van der Waals surface area contributed by atoms with Gasteiger partial charge in [-0.15, -0.1) is 0 Å². The minimum atomic E-state index is -4.48. The summed E-state index contributed by atoms with van der Waals surface area (Å²) in [5, 5.41) is 4.22. The standard InChI is InChI=1S/C22H16F3NO3/c1-28-14-6-3-12-4-8-20(29-2)17(16(12)10-14)11-18-15-7-5-13(22(23,24)25)9-19(15)26-21(18)27/h3-11H,1-2H3,(H,26,27)/b18-11+. The molecule has 0 unspecified atom stereocenters. The van der Waals surface area contributed by atoms with Crippen LogP contribution < -0.4 is 14.8 Å². The predicted octanol–water partition coefficient (Wildman–Crippen LogP) is 5.37. The molecule has 1 aliphatic rings. The van der Waals surface area contributed by atoms with Crippen LogP contribution in [0.3, 0.4) is 0 Å². The Balaban J connectivity index is 1.91. The number of alkyl halides is 3. The van der Waals surface area contributed by atoms with E-state index in [0.29, 0.717) is 22.6 Å². The Bertz CT molecular complexity index is 1160. The van der Waals surface area contributed by atoms with E-state index < -0.39 is 17.6 Å². The third-order valence-corrected chi connectivity index (χ3v) is 4.87. The number of fused-ring (bicyclic) bond motifs is 2. The Labute approximate surface area is 164 Å². The van der Waals surface area contributed by atoms with Crippen LogP contribution in [0.15, 0.2) is 48.5 Å². The van der Waals surface area contributed by atoms with Gasteiger partial charge in [0.15, 0.2) is 0 Å². The molecule has 1 heterocycles. The number of benzene rings is 3. The van der Waals surface area contributed by atoms with E-state index in [1.807, 2.05) is 24.3 Å². The molecule has 0 saturated carbocycles. The first-order valence-corrected chi connectivity index (χ1v) is 8.71. The number of methoxy groups -OCH3 is 2. The van der Waals surface area contributed by atoms with Crippen LogP contribution in [0.2, 0.25) is 0 Å². The van der Waals surface area contributed by atoms with E-state index in [2.05, 4.69) is 5.32 Å². The van der Waals surface area contributed by atoms with Crippen LogP contribution in [-0.2, 0) is 11.0 Å². The van der Waals surface area contributed by atoms with Gasteiger partial charge in [-0.25, -0.2) is 0 Å². The van der Waals surface area contributed by atoms with Crippen molar-refractivity contribution >= 4 is 34.0 Å². The first kappa shape index (κ1) is 18.9. The molecule has 1 amide bonds. The van der Waals surface area contributed by atoms with Gasteiger partial charge in [-0.05, 0) is 47.2 Å². The van der Waals surface area contributed by atoms with E-state index in [1.165, 1.54) is 13.2 Å². The molecule has 0 bridgehead atoms. The van der Waals surface area contributed by atoms with Crippen molar-refractivity contribution in [3.05, 3.63) is 65.2 Å². The lowest BCUT2D eigenvalue weighted by Gasteiger charge is -2.11. The summed E-state index contributed by atoms with van der Waals surface area (Å²) in [4.78, 5) is 12.5. The summed E-state index contributed by atoms with van der Waals surface area (Å²) in [5.74, 6) is 0.698. The number of carbonyl (C=O) groups is 1. The maximum atomic E-state index is 13.0. The SMILES string of the molecule is COc1ccc2ccc(OC)c(/C=C3/C(=O)Nc4cc(C(F)(F)F)ccc43)c2c1. The van der Waals surface area contributed by atoms with Crippen molar-refractivity contribution in [2.45, 2.75) is 6.18 Å². The third kappa shape index (κ3) is 3.29. The molecule has 3 aromatic carbocycles. The minimum Gasteiger partial charge on any atom is -0.497 e. The van der Waals surface area contributed by atoms with Crippen LogP contribution in [0, 0.1) is 0 Å². The van der Waals surface area contributed by atoms with Gasteiger partial charge in [0.2, 0.25) is 0 Å². The lowest BCUT2D eigenvalue weighted by atomic mass is 9.98. The first-order valence-electron chi connectivity index (χ1n) is 8.71. The minimum absolute atomic E-state index is 0.132. The largest absolute Gasteiger partial charge is 0.497 e. The molecule has 0 radical (unpaired) electrons. The Morgan fingerprint density at radius 2 is 1.72 bits per heavy atom. The Morgan fingerprint density at radius 1 is 0.966 bits per heavy atom. The smallest absolute Gasteiger partial charge is 0.416 e. The topological polar surface area (TPSA) is 47.6 Å². The normalized spacial score (nSPS) is 14.8. The number of ether oxygens (including phenoxy) is 2. The zero-order chi connectivity index (χ0) is 20.8. The molecule has 148 valence electrons. The van der Waals surface area contributed by atoms with Gasteiger partial charge in [-0.2, -0.15) is 13.2 Å². The highest BCUT2D eigenvalue weighted by molar-refractivity contribution is 6.35. The lowest BCUT2D eigenvalue weighted by Crippen LogP contribution is -2.06. The van der Waals surface area contributed by atoms with E-state index >= 15 is 0 Å². The van der Waals surface area contributed by atoms with Crippen molar-refractivity contribution in [2.24, 2.45) is 0 Å². The van der Waals surface area contributed by atoms with Crippen LogP contribution in [0.5, 0.6) is 11.5 Å². The van der Waals surface area contributed by atoms with E-state index in [0.717, 1.165) is 22.9 Å². The Hall–Kier alpha value is -3.48. The van der Waals surface area contributed by atoms with Gasteiger partial charge in [-0.1, -0.05) is 18.2 Å². The Kier molecular flexibility index (Phi) is 4.45. The van der Waals surface area contributed by atoms with Crippen LogP contribution in [-0.4, -0.2) is 20.1 Å². The van der Waals surface area contributed by atoms with Crippen LogP contribution >= 0.6 is 0 Å². The average Bonchev–Trinajstić information content (AvgIpc) is 3.01. The number of hydrogen-bond donors (Lipinski definition) is 1. The maximum absolute atomic E-state index is 13.0. The van der Waals surface area contributed by atoms with Crippen molar-refractivity contribution in [3.63, 3.8) is 0 Å². The number of hydrogen-bond acceptors (Lipinski definition) is 3. The zero-order valence-electron chi connectivity index (χ0n) is 15.6. The van der Waals surface area contributed by atoms with Gasteiger partial charge < -0.3 is 14.8 Å². The van der Waals surface area contributed by atoms with Gasteiger partial charge >= 0.3 is 6.18 Å². The monoisotopic (exact) mass is 399 g/mol. The molecule has 0 aliphatic carbocycles. The predicted molar refractivity (Wildman–Crippen MR) is 105 cm³/mol. The summed E-state index contributed by atoms with van der Waals surface area (Å²) < 4.78 is 49.7. The first-order chi connectivity index (χ1) is 13.8. The highest BCUT2D eigenvalue weighted by atomic mass is 19.4. The number of halogens is 3. The second-order valence-corrected chi connectivity index (χ2v) is 6.54. The molecule has 7 heteroatoms. The van der Waals surface area contributed by atoms with Crippen LogP contribution in [0.25, 0.3) is 22.4 Å². The van der Waals surface area contributed by atoms with Crippen LogP contribution in [0.1, 0.15) is 16.7 Å². The quantitative estimate of drug-likeness (QED) is 0.603. The average molecular weight is 399 g/mol. The van der Waals surface area contributed by atoms with E-state index in [-0.39, 0.29) is 11.3 Å². The summed E-state index contributed by atoms with van der Waals surface area (Å²) in [6.07, 6.45) is -2.85. The Morgan fingerprint density at radius 3 is 2.41 bits per heavy atom. The van der Waals surface area contributed by atoms with Gasteiger partial charge in [-0.3, -0.25) is 4.79 Å². The molecule has 0 spiro atoms. The molecule has 4 rings (SSSR count). The second-order valence-electron chi connectivity index (χ2n) is 6.54. The van der Waals surface area contributed by atoms with Crippen molar-refractivity contribution in [1.82, 2.24) is 0 Å². The lowest BCUT2D eigenvalue weighted by molar-refractivity contribution is -0.137. The number of amides is 1. The fourth-order valence-corrected chi connectivity index (χ4v) is 3.41. The molecule has 1 N–H and O–H groups in total. The van der Waals surface area contributed by atoms with Crippen molar-refractivity contribution in [2.75, 3.05) is 19.5 Å². The number of carbonyl (C=O) groups excluding carboxylic acids is 1. The van der Waals surface area contributed by atoms with Crippen molar-refractivity contribution < 1.29 is 27.4 Å². The summed E-state index contributed by atoms with van der Waals surface area (Å²) in [7, 11) is 3.07. The van der Waals surface area contributed by atoms with E-state index in [1.54, 1.807) is 19.3 Å². The van der Waals surface area contributed by atoms with Gasteiger partial charge in [0, 0.05) is 22.4 Å². The summed E-state index contributed by atoms with van der Waals surface area (Å²) in [6, 6.07) is 12.4. The zero-order valence-corrected chi connectivity index (χ0v) is 15.6. The van der Waals surface area contributed by atoms with Crippen LogP contribution in [0.4, 0.5) is 18.9 Å². The molecular formula is C22H16F3NO3. The molecule has 4 nitrogen and oxygen atoms in total. The second kappa shape index (κ2) is 6.84. The summed E-state index contributed by atoms with van der Waals surface area (Å²) in [5.41, 5.74) is 0.632. The van der Waals surface area contributed by atoms with Crippen molar-refractivity contribution in [3.8, 4) is 11.5 Å². The fraction of sp³-hybridized carbons (Fsp3) is 0.136. The maximum Gasteiger partial charge on any atom is 0.416 e. The number of rotatable bonds is 3. The number of anilines is 1. The van der Waals surface area contributed by atoms with Gasteiger partial charge in [0.1, 0.15) is 11.5 Å². The molecule has 0 aromatic heterocycles. The molecule has 29 heavy (non-hydrogen) atoms. The highest BCUT2D eigenvalue weighted by Gasteiger charge is 2.33. The van der Waals surface area contributed by atoms with E-state index in [9.17, 15) is 18.0 Å². The molecule has 0 fully saturated rings. The molecule has 0 atom stereocenters. The molecule has 3 aromatic rings. The van der Waals surface area contributed by atoms with E-state index in [4.69, 9.17) is 9.47 Å². The third-order valence-electron chi connectivity index (χ3n) is 4.87. The molecular weight excluding hydrogens is 383 g/mol. The fourth-order valence-electron chi connectivity index (χ4n) is 3.41. The van der Waals surface area contributed by atoms with Gasteiger partial charge in [0.25, 0.3) is 5.91 Å². The highest BCUT2D eigenvalue weighted by Crippen LogP contribution is 2.40. The molecule has 1 aliphatic heterocycles. The summed E-state index contributed by atoms with van der Waals surface area (Å²) in [6.45, 7) is 0. The summed E-state index contributed by atoms with van der Waals surface area (Å²) >= 11 is 0. The van der Waals surface area contributed by atoms with Gasteiger partial charge in [0.05, 0.1) is 19.8 Å². The molecule has 0 saturated heterocycles.